The number of anilines is 1. The number of phenolic OH excluding ortho intramolecular Hbond substituents is 1. The Labute approximate surface area is 145 Å². The van der Waals surface area contributed by atoms with Crippen LogP contribution in [0.15, 0.2) is 47.6 Å². The van der Waals surface area contributed by atoms with Crippen molar-refractivity contribution in [3.8, 4) is 11.5 Å². The van der Waals surface area contributed by atoms with Crippen molar-refractivity contribution in [2.75, 3.05) is 12.4 Å². The van der Waals surface area contributed by atoms with Gasteiger partial charge in [-0.2, -0.15) is 5.10 Å². The molecule has 3 N–H and O–H groups in total. The number of benzene rings is 2. The first kappa shape index (κ1) is 18.0. The summed E-state index contributed by atoms with van der Waals surface area (Å²) in [4.78, 5) is 23.3. The fourth-order valence-corrected chi connectivity index (χ4v) is 1.97. The third kappa shape index (κ3) is 5.07. The zero-order valence-corrected chi connectivity index (χ0v) is 13.9. The Morgan fingerprint density at radius 1 is 1.20 bits per heavy atom. The molecule has 0 aromatic heterocycles. The van der Waals surface area contributed by atoms with Crippen molar-refractivity contribution >= 4 is 23.7 Å². The van der Waals surface area contributed by atoms with E-state index in [1.165, 1.54) is 19.4 Å². The maximum absolute atomic E-state index is 12.0. The highest BCUT2D eigenvalue weighted by molar-refractivity contribution is 5.96. The molecule has 0 radical (unpaired) electrons. The number of phenols is 1. The highest BCUT2D eigenvalue weighted by Crippen LogP contribution is 2.25. The van der Waals surface area contributed by atoms with E-state index in [0.29, 0.717) is 29.0 Å². The Kier molecular flexibility index (Phi) is 6.11. The summed E-state index contributed by atoms with van der Waals surface area (Å²) in [6.07, 6.45) is 1.80. The van der Waals surface area contributed by atoms with Crippen LogP contribution in [-0.2, 0) is 4.79 Å². The molecule has 0 aliphatic heterocycles. The van der Waals surface area contributed by atoms with Crippen LogP contribution in [0.1, 0.15) is 29.3 Å². The zero-order chi connectivity index (χ0) is 18.2. The normalized spacial score (nSPS) is 10.5. The molecular weight excluding hydrogens is 322 g/mol. The molecule has 0 spiro atoms. The SMILES string of the molecule is CCC(=O)Nc1ccc(C(=O)N/N=C\c2ccc(OC)c(O)c2)cc1. The van der Waals surface area contributed by atoms with Gasteiger partial charge in [-0.15, -0.1) is 0 Å². The molecular formula is C18H19N3O4. The van der Waals surface area contributed by atoms with E-state index in [9.17, 15) is 14.7 Å². The average molecular weight is 341 g/mol. The van der Waals surface area contributed by atoms with Crippen LogP contribution >= 0.6 is 0 Å². The maximum Gasteiger partial charge on any atom is 0.271 e. The van der Waals surface area contributed by atoms with E-state index >= 15 is 0 Å². The fraction of sp³-hybridized carbons (Fsp3) is 0.167. The Hall–Kier alpha value is -3.35. The first-order valence-electron chi connectivity index (χ1n) is 7.63. The molecule has 2 aromatic carbocycles. The molecule has 0 aliphatic carbocycles. The minimum absolute atomic E-state index is 0.0116. The predicted molar refractivity (Wildman–Crippen MR) is 95.1 cm³/mol. The topological polar surface area (TPSA) is 100 Å². The highest BCUT2D eigenvalue weighted by Gasteiger charge is 2.05. The van der Waals surface area contributed by atoms with E-state index in [1.807, 2.05) is 0 Å². The van der Waals surface area contributed by atoms with E-state index in [0.717, 1.165) is 0 Å². The molecule has 130 valence electrons. The standard InChI is InChI=1S/C18H19N3O4/c1-3-17(23)20-14-7-5-13(6-8-14)18(24)21-19-11-12-4-9-16(25-2)15(22)10-12/h4-11,22H,3H2,1-2H3,(H,20,23)(H,21,24)/b19-11-. The molecule has 0 bridgehead atoms. The quantitative estimate of drug-likeness (QED) is 0.555. The van der Waals surface area contributed by atoms with Gasteiger partial charge in [0.1, 0.15) is 0 Å². The van der Waals surface area contributed by atoms with Gasteiger partial charge in [-0.1, -0.05) is 6.92 Å². The lowest BCUT2D eigenvalue weighted by atomic mass is 10.2. The van der Waals surface area contributed by atoms with Crippen molar-refractivity contribution < 1.29 is 19.4 Å². The van der Waals surface area contributed by atoms with Crippen LogP contribution in [0.25, 0.3) is 0 Å². The van der Waals surface area contributed by atoms with Crippen LogP contribution in [0.2, 0.25) is 0 Å². The number of hydrogen-bond donors (Lipinski definition) is 3. The third-order valence-corrected chi connectivity index (χ3v) is 3.33. The Bertz CT molecular complexity index is 785. The summed E-state index contributed by atoms with van der Waals surface area (Å²) < 4.78 is 4.95. The molecule has 0 unspecified atom stereocenters. The fourth-order valence-electron chi connectivity index (χ4n) is 1.97. The lowest BCUT2D eigenvalue weighted by molar-refractivity contribution is -0.115. The monoisotopic (exact) mass is 341 g/mol. The van der Waals surface area contributed by atoms with Crippen molar-refractivity contribution in [1.29, 1.82) is 0 Å². The van der Waals surface area contributed by atoms with Crippen LogP contribution in [-0.4, -0.2) is 30.2 Å². The maximum atomic E-state index is 12.0. The molecule has 0 saturated heterocycles. The highest BCUT2D eigenvalue weighted by atomic mass is 16.5. The number of nitrogens with zero attached hydrogens (tertiary/aromatic N) is 1. The summed E-state index contributed by atoms with van der Waals surface area (Å²) in [6, 6.07) is 11.2. The van der Waals surface area contributed by atoms with E-state index in [2.05, 4.69) is 15.8 Å². The van der Waals surface area contributed by atoms with Gasteiger partial charge < -0.3 is 15.2 Å². The molecule has 2 rings (SSSR count). The number of methoxy groups -OCH3 is 1. The zero-order valence-electron chi connectivity index (χ0n) is 13.9. The van der Waals surface area contributed by atoms with Gasteiger partial charge in [-0.05, 0) is 48.0 Å². The number of hydrazone groups is 1. The molecule has 25 heavy (non-hydrogen) atoms. The Balaban J connectivity index is 1.95. The molecule has 0 heterocycles. The van der Waals surface area contributed by atoms with Crippen molar-refractivity contribution in [1.82, 2.24) is 5.43 Å². The van der Waals surface area contributed by atoms with Crippen molar-refractivity contribution in [2.24, 2.45) is 5.10 Å². The van der Waals surface area contributed by atoms with Crippen LogP contribution in [0.4, 0.5) is 5.69 Å². The van der Waals surface area contributed by atoms with Gasteiger partial charge in [0, 0.05) is 17.7 Å². The number of aromatic hydroxyl groups is 1. The molecule has 7 nitrogen and oxygen atoms in total. The van der Waals surface area contributed by atoms with Crippen LogP contribution in [0.5, 0.6) is 11.5 Å². The van der Waals surface area contributed by atoms with Gasteiger partial charge in [0.05, 0.1) is 13.3 Å². The van der Waals surface area contributed by atoms with Crippen LogP contribution < -0.4 is 15.5 Å². The minimum atomic E-state index is -0.387. The second-order valence-electron chi connectivity index (χ2n) is 5.11. The Morgan fingerprint density at radius 2 is 1.92 bits per heavy atom. The number of carbonyl (C=O) groups excluding carboxylic acids is 2. The second-order valence-corrected chi connectivity index (χ2v) is 5.11. The summed E-state index contributed by atoms with van der Waals surface area (Å²) >= 11 is 0. The van der Waals surface area contributed by atoms with Gasteiger partial charge in [0.15, 0.2) is 11.5 Å². The molecule has 0 saturated carbocycles. The van der Waals surface area contributed by atoms with Gasteiger partial charge in [0.2, 0.25) is 5.91 Å². The van der Waals surface area contributed by atoms with Gasteiger partial charge in [0.25, 0.3) is 5.91 Å². The second kappa shape index (κ2) is 8.49. The van der Waals surface area contributed by atoms with Gasteiger partial charge in [-0.25, -0.2) is 5.43 Å². The van der Waals surface area contributed by atoms with E-state index in [4.69, 9.17) is 4.74 Å². The van der Waals surface area contributed by atoms with E-state index in [-0.39, 0.29) is 17.6 Å². The number of ether oxygens (including phenoxy) is 1. The first-order valence-corrected chi connectivity index (χ1v) is 7.63. The summed E-state index contributed by atoms with van der Waals surface area (Å²) in [5.74, 6) is -0.133. The van der Waals surface area contributed by atoms with Crippen LogP contribution in [0.3, 0.4) is 0 Å². The van der Waals surface area contributed by atoms with E-state index in [1.54, 1.807) is 43.3 Å². The molecule has 0 aliphatic rings. The van der Waals surface area contributed by atoms with Gasteiger partial charge >= 0.3 is 0 Å². The van der Waals surface area contributed by atoms with Crippen molar-refractivity contribution in [3.05, 3.63) is 53.6 Å². The largest absolute Gasteiger partial charge is 0.504 e. The number of nitrogens with one attached hydrogen (secondary N) is 2. The number of hydrogen-bond acceptors (Lipinski definition) is 5. The lowest BCUT2D eigenvalue weighted by Crippen LogP contribution is -2.17. The van der Waals surface area contributed by atoms with Gasteiger partial charge in [-0.3, -0.25) is 9.59 Å². The first-order chi connectivity index (χ1) is 12.0. The predicted octanol–water partition coefficient (Wildman–Crippen LogP) is 2.51. The average Bonchev–Trinajstić information content (AvgIpc) is 2.62. The number of amides is 2. The summed E-state index contributed by atoms with van der Waals surface area (Å²) in [5.41, 5.74) is 4.04. The van der Waals surface area contributed by atoms with Crippen molar-refractivity contribution in [3.63, 3.8) is 0 Å². The number of rotatable bonds is 6. The Morgan fingerprint density at radius 3 is 2.52 bits per heavy atom. The third-order valence-electron chi connectivity index (χ3n) is 3.33. The minimum Gasteiger partial charge on any atom is -0.504 e. The number of carbonyl (C=O) groups is 2. The summed E-state index contributed by atoms with van der Waals surface area (Å²) in [7, 11) is 1.46. The summed E-state index contributed by atoms with van der Waals surface area (Å²) in [6.45, 7) is 1.76. The van der Waals surface area contributed by atoms with Crippen LogP contribution in [0, 0.1) is 0 Å². The lowest BCUT2D eigenvalue weighted by Gasteiger charge is -2.05. The molecule has 2 aromatic rings. The molecule has 2 amide bonds. The molecule has 0 atom stereocenters. The summed E-state index contributed by atoms with van der Waals surface area (Å²) in [5, 5.41) is 16.2. The van der Waals surface area contributed by atoms with Crippen molar-refractivity contribution in [2.45, 2.75) is 13.3 Å². The smallest absolute Gasteiger partial charge is 0.271 e. The molecule has 7 heteroatoms. The molecule has 0 fully saturated rings. The van der Waals surface area contributed by atoms with E-state index < -0.39 is 0 Å².